The number of aromatic nitrogens is 1. The first-order valence-corrected chi connectivity index (χ1v) is 8.49. The number of carbonyl (C=O) groups is 1. The second-order valence-corrected chi connectivity index (χ2v) is 7.45. The monoisotopic (exact) mass is 331 g/mol. The molecule has 0 radical (unpaired) electrons. The van der Waals surface area contributed by atoms with Crippen LogP contribution in [0.25, 0.3) is 32.6 Å². The lowest BCUT2D eigenvalue weighted by atomic mass is 10.00. The van der Waals surface area contributed by atoms with Crippen LogP contribution in [0.4, 0.5) is 0 Å². The van der Waals surface area contributed by atoms with Gasteiger partial charge in [0.15, 0.2) is 0 Å². The number of hydrogen-bond donors (Lipinski definition) is 0. The first-order valence-electron chi connectivity index (χ1n) is 8.49. The van der Waals surface area contributed by atoms with E-state index in [-0.39, 0.29) is 5.97 Å². The molecule has 0 atom stereocenters. The zero-order valence-corrected chi connectivity index (χ0v) is 15.0. The number of rotatable bonds is 1. The SMILES string of the molecule is Cn1c2ccccc2c2c3ccccc3cc(C(=O)OC(C)(C)C)c21. The zero-order valence-electron chi connectivity index (χ0n) is 15.0. The van der Waals surface area contributed by atoms with Crippen molar-refractivity contribution in [1.29, 1.82) is 0 Å². The molecule has 25 heavy (non-hydrogen) atoms. The van der Waals surface area contributed by atoms with E-state index in [9.17, 15) is 4.79 Å². The summed E-state index contributed by atoms with van der Waals surface area (Å²) in [7, 11) is 2.01. The number of carbonyl (C=O) groups excluding carboxylic acids is 1. The molecule has 1 heterocycles. The van der Waals surface area contributed by atoms with Crippen LogP contribution >= 0.6 is 0 Å². The molecule has 0 saturated carbocycles. The van der Waals surface area contributed by atoms with Crippen molar-refractivity contribution in [2.75, 3.05) is 0 Å². The van der Waals surface area contributed by atoms with E-state index in [0.29, 0.717) is 5.56 Å². The highest BCUT2D eigenvalue weighted by Crippen LogP contribution is 2.37. The molecule has 0 spiro atoms. The Labute approximate surface area is 146 Å². The third-order valence-corrected chi connectivity index (χ3v) is 4.51. The average molecular weight is 331 g/mol. The number of esters is 1. The molecule has 0 aliphatic rings. The maximum absolute atomic E-state index is 12.9. The summed E-state index contributed by atoms with van der Waals surface area (Å²) in [5.41, 5.74) is 2.12. The first kappa shape index (κ1) is 15.7. The normalized spacial score (nSPS) is 12.2. The molecule has 0 amide bonds. The molecule has 0 unspecified atom stereocenters. The lowest BCUT2D eigenvalue weighted by Gasteiger charge is -2.20. The van der Waals surface area contributed by atoms with Gasteiger partial charge in [-0.2, -0.15) is 0 Å². The van der Waals surface area contributed by atoms with Gasteiger partial charge in [0.25, 0.3) is 0 Å². The highest BCUT2D eigenvalue weighted by Gasteiger charge is 2.23. The van der Waals surface area contributed by atoms with Crippen LogP contribution in [-0.4, -0.2) is 16.1 Å². The van der Waals surface area contributed by atoms with Gasteiger partial charge >= 0.3 is 5.97 Å². The second kappa shape index (κ2) is 5.35. The van der Waals surface area contributed by atoms with Crippen LogP contribution in [0.2, 0.25) is 0 Å². The Kier molecular flexibility index (Phi) is 3.36. The molecular formula is C22H21NO2. The third kappa shape index (κ3) is 2.47. The van der Waals surface area contributed by atoms with Gasteiger partial charge in [-0.05, 0) is 43.7 Å². The molecule has 4 rings (SSSR count). The van der Waals surface area contributed by atoms with Crippen molar-refractivity contribution < 1.29 is 9.53 Å². The molecule has 0 aliphatic carbocycles. The summed E-state index contributed by atoms with van der Waals surface area (Å²) in [6.45, 7) is 5.68. The fourth-order valence-electron chi connectivity index (χ4n) is 3.54. The Morgan fingerprint density at radius 3 is 2.32 bits per heavy atom. The van der Waals surface area contributed by atoms with E-state index in [0.717, 1.165) is 32.6 Å². The van der Waals surface area contributed by atoms with E-state index in [1.165, 1.54) is 0 Å². The van der Waals surface area contributed by atoms with E-state index >= 15 is 0 Å². The summed E-state index contributed by atoms with van der Waals surface area (Å²) in [4.78, 5) is 12.9. The molecule has 0 bridgehead atoms. The predicted octanol–water partition coefficient (Wildman–Crippen LogP) is 5.44. The van der Waals surface area contributed by atoms with Gasteiger partial charge in [0, 0.05) is 23.3 Å². The molecule has 3 aromatic carbocycles. The summed E-state index contributed by atoms with van der Waals surface area (Å²) < 4.78 is 7.77. The van der Waals surface area contributed by atoms with Gasteiger partial charge in [0.2, 0.25) is 0 Å². The summed E-state index contributed by atoms with van der Waals surface area (Å²) >= 11 is 0. The Bertz CT molecular complexity index is 1130. The summed E-state index contributed by atoms with van der Waals surface area (Å²) in [6, 6.07) is 18.4. The lowest BCUT2D eigenvalue weighted by molar-refractivity contribution is 0.00716. The molecule has 0 fully saturated rings. The van der Waals surface area contributed by atoms with Gasteiger partial charge in [-0.25, -0.2) is 4.79 Å². The largest absolute Gasteiger partial charge is 0.456 e. The Morgan fingerprint density at radius 2 is 1.60 bits per heavy atom. The topological polar surface area (TPSA) is 31.2 Å². The predicted molar refractivity (Wildman–Crippen MR) is 103 cm³/mol. The van der Waals surface area contributed by atoms with Gasteiger partial charge in [0.1, 0.15) is 5.60 Å². The minimum absolute atomic E-state index is 0.283. The number of nitrogens with zero attached hydrogens (tertiary/aromatic N) is 1. The van der Waals surface area contributed by atoms with Gasteiger partial charge in [-0.15, -0.1) is 0 Å². The van der Waals surface area contributed by atoms with Crippen molar-refractivity contribution in [2.45, 2.75) is 26.4 Å². The van der Waals surface area contributed by atoms with Crippen LogP contribution in [0.5, 0.6) is 0 Å². The van der Waals surface area contributed by atoms with Crippen LogP contribution in [0, 0.1) is 0 Å². The third-order valence-electron chi connectivity index (χ3n) is 4.51. The Morgan fingerprint density at radius 1 is 0.960 bits per heavy atom. The van der Waals surface area contributed by atoms with E-state index in [1.54, 1.807) is 0 Å². The molecular weight excluding hydrogens is 310 g/mol. The van der Waals surface area contributed by atoms with Gasteiger partial charge in [0.05, 0.1) is 11.1 Å². The maximum atomic E-state index is 12.9. The van der Waals surface area contributed by atoms with Crippen LogP contribution < -0.4 is 0 Å². The van der Waals surface area contributed by atoms with Crippen molar-refractivity contribution >= 4 is 38.5 Å². The van der Waals surface area contributed by atoms with E-state index in [1.807, 2.05) is 64.2 Å². The fraction of sp³-hybridized carbons (Fsp3) is 0.227. The molecule has 3 heteroatoms. The summed E-state index contributed by atoms with van der Waals surface area (Å²) in [5, 5.41) is 4.47. The molecule has 126 valence electrons. The van der Waals surface area contributed by atoms with Gasteiger partial charge in [-0.3, -0.25) is 0 Å². The number of para-hydroxylation sites is 1. The number of aryl methyl sites for hydroxylation is 1. The summed E-state index contributed by atoms with van der Waals surface area (Å²) in [5.74, 6) is -0.283. The fourth-order valence-corrected chi connectivity index (χ4v) is 3.54. The molecule has 3 nitrogen and oxygen atoms in total. The average Bonchev–Trinajstić information content (AvgIpc) is 2.87. The molecule has 0 aliphatic heterocycles. The van der Waals surface area contributed by atoms with Gasteiger partial charge in [-0.1, -0.05) is 42.5 Å². The van der Waals surface area contributed by atoms with Crippen molar-refractivity contribution in [2.24, 2.45) is 7.05 Å². The smallest absolute Gasteiger partial charge is 0.340 e. The van der Waals surface area contributed by atoms with Crippen LogP contribution in [0.3, 0.4) is 0 Å². The van der Waals surface area contributed by atoms with Crippen LogP contribution in [0.15, 0.2) is 54.6 Å². The van der Waals surface area contributed by atoms with Crippen molar-refractivity contribution in [3.8, 4) is 0 Å². The summed E-state index contributed by atoms with van der Waals surface area (Å²) in [6.07, 6.45) is 0. The molecule has 0 N–H and O–H groups in total. The van der Waals surface area contributed by atoms with Crippen LogP contribution in [0.1, 0.15) is 31.1 Å². The molecule has 1 aromatic heterocycles. The molecule has 0 saturated heterocycles. The minimum Gasteiger partial charge on any atom is -0.456 e. The zero-order chi connectivity index (χ0) is 17.8. The number of fused-ring (bicyclic) bond motifs is 5. The highest BCUT2D eigenvalue weighted by molar-refractivity contribution is 6.25. The van der Waals surface area contributed by atoms with E-state index in [2.05, 4.69) is 22.8 Å². The number of benzene rings is 3. The maximum Gasteiger partial charge on any atom is 0.340 e. The van der Waals surface area contributed by atoms with E-state index in [4.69, 9.17) is 4.74 Å². The number of ether oxygens (including phenoxy) is 1. The van der Waals surface area contributed by atoms with Crippen LogP contribution in [-0.2, 0) is 11.8 Å². The van der Waals surface area contributed by atoms with Crippen molar-refractivity contribution in [1.82, 2.24) is 4.57 Å². The first-order chi connectivity index (χ1) is 11.9. The minimum atomic E-state index is -0.528. The second-order valence-electron chi connectivity index (χ2n) is 7.45. The standard InChI is InChI=1S/C22H21NO2/c1-22(2,3)25-21(24)17-13-14-9-5-6-10-15(14)19-16-11-7-8-12-18(16)23(4)20(17)19/h5-13H,1-4H3. The van der Waals surface area contributed by atoms with Crippen molar-refractivity contribution in [3.05, 3.63) is 60.2 Å². The lowest BCUT2D eigenvalue weighted by Crippen LogP contribution is -2.24. The Hall–Kier alpha value is -2.81. The van der Waals surface area contributed by atoms with E-state index < -0.39 is 5.60 Å². The number of hydrogen-bond acceptors (Lipinski definition) is 2. The highest BCUT2D eigenvalue weighted by atomic mass is 16.6. The quantitative estimate of drug-likeness (QED) is 0.435. The van der Waals surface area contributed by atoms with Gasteiger partial charge < -0.3 is 9.30 Å². The van der Waals surface area contributed by atoms with Crippen molar-refractivity contribution in [3.63, 3.8) is 0 Å². The Balaban J connectivity index is 2.17. The molecule has 4 aromatic rings.